The average molecular weight is 917 g/mol. The zero-order valence-corrected chi connectivity index (χ0v) is 35.0. The van der Waals surface area contributed by atoms with Gasteiger partial charge in [-0.25, -0.2) is 19.6 Å². The Morgan fingerprint density at radius 2 is 1.64 bits per heavy atom. The molecule has 17 heteroatoms. The molecule has 0 saturated carbocycles. The van der Waals surface area contributed by atoms with Crippen LogP contribution in [0.15, 0.2) is 115 Å². The number of aromatic nitrogens is 4. The molecule has 6 N–H and O–H groups in total. The summed E-state index contributed by atoms with van der Waals surface area (Å²) >= 11 is 5.52. The molecule has 5 rings (SSSR count). The Morgan fingerprint density at radius 1 is 0.915 bits per heavy atom. The van der Waals surface area contributed by atoms with Crippen molar-refractivity contribution in [2.24, 2.45) is 0 Å². The Balaban J connectivity index is 0.000000376. The fourth-order valence-corrected chi connectivity index (χ4v) is 6.14. The monoisotopic (exact) mass is 917 g/mol. The number of carboxylic acid groups (broad SMARTS) is 3. The zero-order chi connectivity index (χ0) is 42.5. The van der Waals surface area contributed by atoms with Crippen molar-refractivity contribution in [2.45, 2.75) is 45.4 Å². The number of hydrogen-bond donors (Lipinski definition) is 4. The van der Waals surface area contributed by atoms with E-state index in [1.165, 1.54) is 83.5 Å². The summed E-state index contributed by atoms with van der Waals surface area (Å²) in [6.45, 7) is 2.24. The predicted molar refractivity (Wildman–Crippen MR) is 226 cm³/mol. The maximum Gasteiger partial charge on any atom is 3.00 e. The number of aryl methyl sites for hydroxylation is 1. The Bertz CT molecular complexity index is 2330. The molecule has 5 aromatic rings. The number of aliphatic carboxylic acids is 1. The molecule has 0 aliphatic heterocycles. The van der Waals surface area contributed by atoms with Gasteiger partial charge in [-0.2, -0.15) is 6.20 Å². The number of pyridine rings is 4. The van der Waals surface area contributed by atoms with Crippen LogP contribution in [0.3, 0.4) is 0 Å². The third-order valence-corrected chi connectivity index (χ3v) is 9.15. The minimum atomic E-state index is -1.23. The Morgan fingerprint density at radius 3 is 2.25 bits per heavy atom. The summed E-state index contributed by atoms with van der Waals surface area (Å²) in [6, 6.07) is 16.9. The van der Waals surface area contributed by atoms with Gasteiger partial charge >= 0.3 is 37.4 Å². The summed E-state index contributed by atoms with van der Waals surface area (Å²) in [4.78, 5) is 52.9. The number of carboxylic acids is 3. The molecule has 14 nitrogen and oxygen atoms in total. The predicted octanol–water partition coefficient (Wildman–Crippen LogP) is 9.46. The van der Waals surface area contributed by atoms with E-state index >= 15 is 0 Å². The van der Waals surface area contributed by atoms with Crippen molar-refractivity contribution >= 4 is 53.3 Å². The summed E-state index contributed by atoms with van der Waals surface area (Å²) in [5.41, 5.74) is 18.3. The van der Waals surface area contributed by atoms with Gasteiger partial charge in [-0.15, -0.1) is 17.0 Å². The molecule has 0 spiro atoms. The molecule has 5 aromatic heterocycles. The second-order valence-electron chi connectivity index (χ2n) is 12.1. The first-order chi connectivity index (χ1) is 27.9. The molecule has 0 aliphatic rings. The van der Waals surface area contributed by atoms with Crippen LogP contribution in [-0.2, 0) is 49.7 Å². The van der Waals surface area contributed by atoms with Gasteiger partial charge in [0.1, 0.15) is 0 Å². The Labute approximate surface area is 363 Å². The van der Waals surface area contributed by atoms with E-state index in [2.05, 4.69) is 51.6 Å². The van der Waals surface area contributed by atoms with E-state index < -0.39 is 17.9 Å². The summed E-state index contributed by atoms with van der Waals surface area (Å²) in [5, 5.41) is 44.0. The molecular weight excluding hydrogens is 878 g/mol. The number of unbranched alkanes of at least 4 members (excludes halogenated alkanes) is 3. The second-order valence-corrected chi connectivity index (χ2v) is 13.4. The van der Waals surface area contributed by atoms with Crippen LogP contribution in [0.25, 0.3) is 39.0 Å². The van der Waals surface area contributed by atoms with E-state index in [1.54, 1.807) is 18.5 Å². The molecule has 0 fully saturated rings. The van der Waals surface area contributed by atoms with Crippen LogP contribution in [0.1, 0.15) is 75.2 Å². The third kappa shape index (κ3) is 16.1. The Kier molecular flexibility index (Phi) is 21.2. The maximum absolute atomic E-state index is 11.4. The van der Waals surface area contributed by atoms with Crippen molar-refractivity contribution in [2.75, 3.05) is 0 Å². The van der Waals surface area contributed by atoms with Gasteiger partial charge in [-0.05, 0) is 79.6 Å². The van der Waals surface area contributed by atoms with Gasteiger partial charge in [0.2, 0.25) is 0 Å². The number of nitrogens with one attached hydrogen (secondary N) is 3. The first-order valence-electron chi connectivity index (χ1n) is 17.6. The largest absolute Gasteiger partial charge is 3.00 e. The van der Waals surface area contributed by atoms with Crippen LogP contribution in [0.4, 0.5) is 0 Å². The molecule has 59 heavy (non-hydrogen) atoms. The standard InChI is InChI=1S/C23H25N4S.C18H14N3O6.CHNS.Ru/c1-2-3-4-5-8-19-10-12-23(28-19)18-9-11-22(27-16-18)21(25)14-20(24)17-7-6-13-26-15-17;19-5-3-10(16(22)23)1-2-13-7-12(18(26)27)9-15(21-13)14-8-11(17(24)25)4-6-20-14;2-1-3;/h6-7,9-16,24-25H,2-5,8H2,1H3;1,3-9,19H,2H2,(H,22,23)(H,24,25)(H,26,27);3H;/q2*-1;;+3/p-1/b21-14-,24-20?;5-3-,10-1+;;. The summed E-state index contributed by atoms with van der Waals surface area (Å²) in [7, 11) is 0. The fraction of sp³-hybridized carbons (Fsp3) is 0.167. The van der Waals surface area contributed by atoms with Gasteiger partial charge in [0.15, 0.2) is 0 Å². The summed E-state index contributed by atoms with van der Waals surface area (Å²) < 4.78 is 0. The minimum Gasteiger partial charge on any atom is -0.705 e. The fourth-order valence-electron chi connectivity index (χ4n) is 5.10. The van der Waals surface area contributed by atoms with Gasteiger partial charge < -0.3 is 44.8 Å². The number of rotatable bonds is 16. The van der Waals surface area contributed by atoms with E-state index in [0.29, 0.717) is 11.3 Å². The van der Waals surface area contributed by atoms with Gasteiger partial charge in [-0.3, -0.25) is 19.9 Å². The van der Waals surface area contributed by atoms with E-state index in [-0.39, 0.29) is 71.1 Å². The molecule has 0 unspecified atom stereocenters. The number of thiophene rings is 1. The minimum absolute atomic E-state index is 0. The number of nitrogens with zero attached hydrogens (tertiary/aromatic N) is 5. The first kappa shape index (κ1) is 48.7. The van der Waals surface area contributed by atoms with Crippen molar-refractivity contribution in [1.29, 1.82) is 10.7 Å². The van der Waals surface area contributed by atoms with E-state index in [1.807, 2.05) is 35.7 Å². The number of carbonyl (C=O) groups is 3. The molecule has 0 atom stereocenters. The van der Waals surface area contributed by atoms with E-state index in [4.69, 9.17) is 32.4 Å². The molecular formula is C42H39N8O6RuS2. The van der Waals surface area contributed by atoms with Gasteiger partial charge in [0, 0.05) is 63.5 Å². The molecule has 1 radical (unpaired) electrons. The Hall–Kier alpha value is -6.47. The number of nitriles is 1. The first-order valence-corrected chi connectivity index (χ1v) is 18.8. The summed E-state index contributed by atoms with van der Waals surface area (Å²) in [6.07, 6.45) is 17.4. The third-order valence-electron chi connectivity index (χ3n) is 7.96. The van der Waals surface area contributed by atoms with Crippen molar-refractivity contribution < 1.29 is 49.2 Å². The quantitative estimate of drug-likeness (QED) is 0.0137. The van der Waals surface area contributed by atoms with E-state index in [9.17, 15) is 19.5 Å². The second kappa shape index (κ2) is 25.7. The van der Waals surface area contributed by atoms with Gasteiger partial charge in [0.05, 0.1) is 33.8 Å². The van der Waals surface area contributed by atoms with Gasteiger partial charge in [-0.1, -0.05) is 43.7 Å². The van der Waals surface area contributed by atoms with Crippen LogP contribution in [-0.4, -0.2) is 58.9 Å². The summed E-state index contributed by atoms with van der Waals surface area (Å²) in [5.74, 6) is -3.61. The number of hydrogen-bond acceptors (Lipinski definition) is 11. The molecule has 0 saturated heterocycles. The van der Waals surface area contributed by atoms with Crippen LogP contribution in [0.2, 0.25) is 0 Å². The normalized spacial score (nSPS) is 10.8. The number of thiocyanates is 1. The smallest absolute Gasteiger partial charge is 0.705 e. The van der Waals surface area contributed by atoms with Gasteiger partial charge in [0.25, 0.3) is 0 Å². The zero-order valence-electron chi connectivity index (χ0n) is 31.6. The van der Waals surface area contributed by atoms with Crippen LogP contribution in [0.5, 0.6) is 0 Å². The molecule has 0 amide bonds. The average Bonchev–Trinajstić information content (AvgIpc) is 3.71. The molecule has 303 valence electrons. The van der Waals surface area contributed by atoms with Crippen molar-refractivity contribution in [3.63, 3.8) is 0 Å². The number of allylic oxidation sites excluding steroid dienone is 2. The molecule has 0 aromatic carbocycles. The van der Waals surface area contributed by atoms with Crippen LogP contribution < -0.4 is 0 Å². The van der Waals surface area contributed by atoms with Crippen molar-refractivity contribution in [3.8, 4) is 27.2 Å². The molecule has 5 heterocycles. The topological polar surface area (TPSA) is 259 Å². The van der Waals surface area contributed by atoms with Crippen molar-refractivity contribution in [1.82, 2.24) is 19.9 Å². The molecule has 0 aliphatic carbocycles. The molecule has 0 bridgehead atoms. The SMILES string of the molecule is CCCCCCc1ccc(-c2ccc(/C([NH-])=C/C(=N)c3cccnc3)nc2)s1.N#C[S-].[NH-]/C=C\C(=C/Cc1cc(C(=O)O)cc(-c2cc(C(=O)O)ccn2)n1)C(=O)O.[Ru+3]. The van der Waals surface area contributed by atoms with Crippen LogP contribution in [0, 0.1) is 16.1 Å². The van der Waals surface area contributed by atoms with E-state index in [0.717, 1.165) is 24.3 Å². The maximum atomic E-state index is 11.4. The number of aromatic carboxylic acids is 2. The van der Waals surface area contributed by atoms with Crippen molar-refractivity contribution in [3.05, 3.63) is 160 Å². The van der Waals surface area contributed by atoms with Crippen LogP contribution >= 0.6 is 11.3 Å².